The van der Waals surface area contributed by atoms with Crippen LogP contribution in [0.3, 0.4) is 0 Å². The van der Waals surface area contributed by atoms with Crippen molar-refractivity contribution in [3.63, 3.8) is 0 Å². The second kappa shape index (κ2) is 5.57. The minimum absolute atomic E-state index is 0.0185. The second-order valence-corrected chi connectivity index (χ2v) is 5.98. The quantitative estimate of drug-likeness (QED) is 0.760. The number of alkyl halides is 3. The molecule has 0 atom stereocenters. The lowest BCUT2D eigenvalue weighted by Gasteiger charge is -2.34. The van der Waals surface area contributed by atoms with Gasteiger partial charge in [0.25, 0.3) is 0 Å². The Kier molecular flexibility index (Phi) is 3.48. The van der Waals surface area contributed by atoms with E-state index in [1.807, 2.05) is 10.8 Å². The first-order chi connectivity index (χ1) is 11.9. The molecule has 0 unspecified atom stereocenters. The van der Waals surface area contributed by atoms with Gasteiger partial charge in [0.1, 0.15) is 5.69 Å². The Morgan fingerprint density at radius 3 is 2.80 bits per heavy atom. The van der Waals surface area contributed by atoms with Crippen molar-refractivity contribution in [3.05, 3.63) is 36.5 Å². The summed E-state index contributed by atoms with van der Waals surface area (Å²) in [7, 11) is 0. The van der Waals surface area contributed by atoms with Crippen molar-refractivity contribution in [1.29, 1.82) is 0 Å². The van der Waals surface area contributed by atoms with Crippen LogP contribution in [-0.4, -0.2) is 30.6 Å². The number of hydrogen-bond donors (Lipinski definition) is 2. The van der Waals surface area contributed by atoms with E-state index < -0.39 is 11.9 Å². The Morgan fingerprint density at radius 1 is 1.32 bits per heavy atom. The molecule has 3 aromatic rings. The number of nitrogens with one attached hydrogen (secondary N) is 2. The third-order valence-electron chi connectivity index (χ3n) is 4.39. The fourth-order valence-electron chi connectivity index (χ4n) is 2.91. The third-order valence-corrected chi connectivity index (χ3v) is 4.39. The van der Waals surface area contributed by atoms with Crippen molar-refractivity contribution >= 4 is 22.8 Å². The molecule has 0 saturated heterocycles. The minimum atomic E-state index is -4.53. The smallest absolute Gasteiger partial charge is 0.334 e. The number of hydrogen-bond acceptors (Lipinski definition) is 4. The van der Waals surface area contributed by atoms with Gasteiger partial charge < -0.3 is 9.88 Å². The van der Waals surface area contributed by atoms with E-state index in [1.165, 1.54) is 6.07 Å². The number of pyridine rings is 1. The molecule has 1 aliphatic rings. The number of H-pyrrole nitrogens is 1. The van der Waals surface area contributed by atoms with Gasteiger partial charge in [-0.15, -0.1) is 0 Å². The maximum absolute atomic E-state index is 12.7. The van der Waals surface area contributed by atoms with Crippen molar-refractivity contribution in [2.75, 3.05) is 5.32 Å². The first-order valence-corrected chi connectivity index (χ1v) is 7.62. The van der Waals surface area contributed by atoms with Crippen LogP contribution in [0.1, 0.15) is 24.6 Å². The van der Waals surface area contributed by atoms with Crippen molar-refractivity contribution < 1.29 is 18.0 Å². The Bertz CT molecular complexity index is 911. The number of carbonyl (C=O) groups is 1. The molecule has 1 amide bonds. The first-order valence-electron chi connectivity index (χ1n) is 7.62. The van der Waals surface area contributed by atoms with Crippen molar-refractivity contribution in [2.24, 2.45) is 5.92 Å². The van der Waals surface area contributed by atoms with Gasteiger partial charge in [0.15, 0.2) is 11.5 Å². The fraction of sp³-hybridized carbons (Fsp3) is 0.333. The van der Waals surface area contributed by atoms with Gasteiger partial charge in [-0.25, -0.2) is 9.97 Å². The molecule has 1 fully saturated rings. The lowest BCUT2D eigenvalue weighted by atomic mass is 9.79. The monoisotopic (exact) mass is 350 g/mol. The van der Waals surface area contributed by atoms with Gasteiger partial charge in [-0.3, -0.25) is 9.89 Å². The molecule has 0 radical (unpaired) electrons. The van der Waals surface area contributed by atoms with E-state index in [0.717, 1.165) is 6.07 Å². The molecule has 10 heteroatoms. The number of imidazole rings is 1. The van der Waals surface area contributed by atoms with Gasteiger partial charge >= 0.3 is 6.18 Å². The molecule has 2 N–H and O–H groups in total. The lowest BCUT2D eigenvalue weighted by molar-refractivity contribution is -0.141. The van der Waals surface area contributed by atoms with Crippen molar-refractivity contribution in [3.8, 4) is 0 Å². The van der Waals surface area contributed by atoms with Gasteiger partial charge in [-0.05, 0) is 25.0 Å². The fourth-order valence-corrected chi connectivity index (χ4v) is 2.91. The Balaban J connectivity index is 1.45. The highest BCUT2D eigenvalue weighted by atomic mass is 19.4. The predicted octanol–water partition coefficient (Wildman–Crippen LogP) is 2.76. The van der Waals surface area contributed by atoms with Crippen molar-refractivity contribution in [2.45, 2.75) is 25.1 Å². The normalized spacial score (nSPS) is 20.4. The summed E-state index contributed by atoms with van der Waals surface area (Å²) in [4.78, 5) is 19.8. The largest absolute Gasteiger partial charge is 0.433 e. The number of nitrogens with zero attached hydrogens (tertiary/aromatic N) is 4. The maximum atomic E-state index is 12.7. The molecule has 1 saturated carbocycles. The molecule has 130 valence electrons. The molecule has 0 aliphatic heterocycles. The Labute approximate surface area is 139 Å². The zero-order valence-corrected chi connectivity index (χ0v) is 12.8. The van der Waals surface area contributed by atoms with Crippen LogP contribution in [0.2, 0.25) is 0 Å². The minimum Gasteiger partial charge on any atom is -0.334 e. The molecule has 0 aromatic carbocycles. The van der Waals surface area contributed by atoms with Crippen LogP contribution in [0.5, 0.6) is 0 Å². The number of aromatic nitrogens is 5. The van der Waals surface area contributed by atoms with Crippen molar-refractivity contribution in [1.82, 2.24) is 24.7 Å². The topological polar surface area (TPSA) is 88.5 Å². The van der Waals surface area contributed by atoms with E-state index in [-0.39, 0.29) is 29.3 Å². The van der Waals surface area contributed by atoms with Gasteiger partial charge in [-0.2, -0.15) is 18.3 Å². The zero-order valence-electron chi connectivity index (χ0n) is 12.8. The van der Waals surface area contributed by atoms with Crippen LogP contribution in [0.15, 0.2) is 30.9 Å². The summed E-state index contributed by atoms with van der Waals surface area (Å²) in [5.41, 5.74) is -1.03. The van der Waals surface area contributed by atoms with E-state index in [4.69, 9.17) is 0 Å². The number of anilines is 1. The SMILES string of the molecule is O=C(Nc1n[nH]c2nc(C(F)(F)F)ccc12)C1CC(n2ccnc2)C1. The summed E-state index contributed by atoms with van der Waals surface area (Å²) < 4.78 is 40.0. The van der Waals surface area contributed by atoms with Gasteiger partial charge in [0, 0.05) is 24.4 Å². The molecule has 7 nitrogen and oxygen atoms in total. The molecule has 1 aliphatic carbocycles. The van der Waals surface area contributed by atoms with Crippen LogP contribution < -0.4 is 5.32 Å². The summed E-state index contributed by atoms with van der Waals surface area (Å²) in [5, 5.41) is 9.29. The molecule has 0 bridgehead atoms. The number of fused-ring (bicyclic) bond motifs is 1. The highest BCUT2D eigenvalue weighted by molar-refractivity contribution is 5.99. The summed E-state index contributed by atoms with van der Waals surface area (Å²) in [6.07, 6.45) is 2.08. The van der Waals surface area contributed by atoms with Crippen LogP contribution in [0.4, 0.5) is 19.0 Å². The Hall–Kier alpha value is -2.91. The summed E-state index contributed by atoms with van der Waals surface area (Å²) in [6, 6.07) is 2.36. The van der Waals surface area contributed by atoms with Gasteiger partial charge in [0.05, 0.1) is 11.7 Å². The standard InChI is InChI=1S/C15H13F3N6O/c16-15(17,18)11-2-1-10-12(20-11)22-23-13(10)21-14(25)8-5-9(6-8)24-4-3-19-7-24/h1-4,7-9H,5-6H2,(H2,20,21,22,23,25). The summed E-state index contributed by atoms with van der Waals surface area (Å²) >= 11 is 0. The van der Waals surface area contributed by atoms with Gasteiger partial charge in [-0.1, -0.05) is 0 Å². The average molecular weight is 350 g/mol. The Morgan fingerprint density at radius 2 is 2.12 bits per heavy atom. The second-order valence-electron chi connectivity index (χ2n) is 5.98. The van der Waals surface area contributed by atoms with E-state index in [0.29, 0.717) is 18.2 Å². The number of rotatable bonds is 3. The molecule has 4 rings (SSSR count). The van der Waals surface area contributed by atoms with E-state index in [9.17, 15) is 18.0 Å². The van der Waals surface area contributed by atoms with E-state index in [2.05, 4.69) is 25.5 Å². The van der Waals surface area contributed by atoms with Crippen LogP contribution in [-0.2, 0) is 11.0 Å². The molecular weight excluding hydrogens is 337 g/mol. The highest BCUT2D eigenvalue weighted by Gasteiger charge is 2.36. The van der Waals surface area contributed by atoms with Crippen LogP contribution in [0, 0.1) is 5.92 Å². The molecule has 0 spiro atoms. The van der Waals surface area contributed by atoms with Crippen LogP contribution in [0.25, 0.3) is 11.0 Å². The highest BCUT2D eigenvalue weighted by Crippen LogP contribution is 2.38. The predicted molar refractivity (Wildman–Crippen MR) is 81.5 cm³/mol. The first kappa shape index (κ1) is 15.6. The average Bonchev–Trinajstić information content (AvgIpc) is 3.15. The molecule has 3 aromatic heterocycles. The third kappa shape index (κ3) is 2.83. The number of halogens is 3. The zero-order chi connectivity index (χ0) is 17.6. The van der Waals surface area contributed by atoms with E-state index >= 15 is 0 Å². The number of aromatic amines is 1. The molecule has 25 heavy (non-hydrogen) atoms. The summed E-state index contributed by atoms with van der Waals surface area (Å²) in [6.45, 7) is 0. The van der Waals surface area contributed by atoms with Gasteiger partial charge in [0.2, 0.25) is 5.91 Å². The lowest BCUT2D eigenvalue weighted by Crippen LogP contribution is -2.35. The molecular formula is C15H13F3N6O. The molecule has 3 heterocycles. The van der Waals surface area contributed by atoms with Crippen LogP contribution >= 0.6 is 0 Å². The summed E-state index contributed by atoms with van der Waals surface area (Å²) in [5.74, 6) is -0.182. The maximum Gasteiger partial charge on any atom is 0.433 e. The van der Waals surface area contributed by atoms with E-state index in [1.54, 1.807) is 12.5 Å². The number of amides is 1. The number of carbonyl (C=O) groups excluding carboxylic acids is 1.